The molecule has 1 rings (SSSR count). The van der Waals surface area contributed by atoms with Gasteiger partial charge in [0, 0.05) is 38.5 Å². The average Bonchev–Trinajstić information content (AvgIpc) is 2.87. The summed E-state index contributed by atoms with van der Waals surface area (Å²) in [5, 5.41) is 11.5. The Labute approximate surface area is 159 Å². The van der Waals surface area contributed by atoms with Crippen molar-refractivity contribution >= 4 is 5.96 Å². The third-order valence-electron chi connectivity index (χ3n) is 4.89. The molecule has 0 saturated heterocycles. The quantitative estimate of drug-likeness (QED) is 0.358. The van der Waals surface area contributed by atoms with Gasteiger partial charge in [-0.2, -0.15) is 5.10 Å². The average molecular weight is 366 g/mol. The Bertz CT molecular complexity index is 563. The van der Waals surface area contributed by atoms with E-state index in [2.05, 4.69) is 55.3 Å². The molecule has 0 bridgehead atoms. The van der Waals surface area contributed by atoms with E-state index in [9.17, 15) is 0 Å². The molecule has 150 valence electrons. The fraction of sp³-hybridized carbons (Fsp3) is 0.800. The summed E-state index contributed by atoms with van der Waals surface area (Å²) in [5.74, 6) is 0.844. The highest BCUT2D eigenvalue weighted by Gasteiger charge is 2.18. The number of nitrogens with one attached hydrogen (secondary N) is 2. The first kappa shape index (κ1) is 22.5. The minimum absolute atomic E-state index is 0.268. The maximum absolute atomic E-state index is 5.16. The molecule has 0 saturated carbocycles. The molecule has 26 heavy (non-hydrogen) atoms. The van der Waals surface area contributed by atoms with Crippen LogP contribution in [0.15, 0.2) is 4.99 Å². The van der Waals surface area contributed by atoms with Crippen LogP contribution in [0.2, 0.25) is 0 Å². The Morgan fingerprint density at radius 2 is 1.96 bits per heavy atom. The van der Waals surface area contributed by atoms with Crippen LogP contribution in [0.3, 0.4) is 0 Å². The fourth-order valence-corrected chi connectivity index (χ4v) is 3.04. The van der Waals surface area contributed by atoms with Gasteiger partial charge in [0.05, 0.1) is 18.8 Å². The van der Waals surface area contributed by atoms with Crippen LogP contribution >= 0.6 is 0 Å². The molecule has 6 nitrogen and oxygen atoms in total. The molecule has 6 heteroatoms. The predicted octanol–water partition coefficient (Wildman–Crippen LogP) is 3.42. The standard InChI is InChI=1S/C20H39N5O/c1-8-9-10-11-20(4,5)15-23-19(21-6)22-14-18-16(2)24-25(17(18)3)12-13-26-7/h8-15H2,1-7H3,(H2,21,22,23). The van der Waals surface area contributed by atoms with Gasteiger partial charge in [-0.1, -0.05) is 40.0 Å². The van der Waals surface area contributed by atoms with Gasteiger partial charge in [-0.15, -0.1) is 0 Å². The van der Waals surface area contributed by atoms with Crippen LogP contribution in [0, 0.1) is 19.3 Å². The number of guanidine groups is 1. The van der Waals surface area contributed by atoms with Gasteiger partial charge in [-0.25, -0.2) is 0 Å². The minimum Gasteiger partial charge on any atom is -0.383 e. The van der Waals surface area contributed by atoms with Crippen LogP contribution in [0.1, 0.15) is 63.4 Å². The molecule has 1 aromatic rings. The highest BCUT2D eigenvalue weighted by molar-refractivity contribution is 5.79. The van der Waals surface area contributed by atoms with E-state index in [0.717, 1.165) is 31.3 Å². The van der Waals surface area contributed by atoms with Crippen molar-refractivity contribution in [3.05, 3.63) is 17.0 Å². The third-order valence-corrected chi connectivity index (χ3v) is 4.89. The van der Waals surface area contributed by atoms with E-state index in [4.69, 9.17) is 4.74 Å². The number of nitrogens with zero attached hydrogens (tertiary/aromatic N) is 3. The van der Waals surface area contributed by atoms with Gasteiger partial charge in [-0.3, -0.25) is 9.67 Å². The highest BCUT2D eigenvalue weighted by atomic mass is 16.5. The Kier molecular flexibility index (Phi) is 9.70. The molecule has 0 radical (unpaired) electrons. The van der Waals surface area contributed by atoms with Crippen molar-refractivity contribution in [3.8, 4) is 0 Å². The first-order valence-electron chi connectivity index (χ1n) is 9.81. The second-order valence-electron chi connectivity index (χ2n) is 7.77. The molecular weight excluding hydrogens is 326 g/mol. The van der Waals surface area contributed by atoms with E-state index in [1.54, 1.807) is 7.11 Å². The first-order valence-corrected chi connectivity index (χ1v) is 9.81. The Balaban J connectivity index is 2.55. The van der Waals surface area contributed by atoms with Gasteiger partial charge in [0.2, 0.25) is 0 Å². The van der Waals surface area contributed by atoms with Crippen molar-refractivity contribution in [1.29, 1.82) is 0 Å². The van der Waals surface area contributed by atoms with Crippen LogP contribution in [-0.2, 0) is 17.8 Å². The molecule has 0 aliphatic rings. The van der Waals surface area contributed by atoms with Crippen LogP contribution in [0.4, 0.5) is 0 Å². The van der Waals surface area contributed by atoms with Crippen LogP contribution in [0.5, 0.6) is 0 Å². The van der Waals surface area contributed by atoms with Crippen molar-refractivity contribution in [2.45, 2.75) is 73.4 Å². The molecule has 0 spiro atoms. The normalized spacial score (nSPS) is 12.5. The summed E-state index contributed by atoms with van der Waals surface area (Å²) in [4.78, 5) is 4.37. The summed E-state index contributed by atoms with van der Waals surface area (Å²) in [5.41, 5.74) is 3.74. The van der Waals surface area contributed by atoms with Crippen LogP contribution in [0.25, 0.3) is 0 Å². The Morgan fingerprint density at radius 1 is 1.23 bits per heavy atom. The molecule has 0 amide bonds. The zero-order chi connectivity index (χ0) is 19.6. The van der Waals surface area contributed by atoms with E-state index in [-0.39, 0.29) is 5.41 Å². The van der Waals surface area contributed by atoms with E-state index in [1.165, 1.54) is 36.9 Å². The number of aromatic nitrogens is 2. The van der Waals surface area contributed by atoms with Gasteiger partial charge in [0.1, 0.15) is 0 Å². The summed E-state index contributed by atoms with van der Waals surface area (Å²) in [6.07, 6.45) is 5.09. The molecule has 1 heterocycles. The van der Waals surface area contributed by atoms with Gasteiger partial charge in [-0.05, 0) is 25.7 Å². The van der Waals surface area contributed by atoms with E-state index in [0.29, 0.717) is 6.61 Å². The van der Waals surface area contributed by atoms with Crippen molar-refractivity contribution in [2.24, 2.45) is 10.4 Å². The predicted molar refractivity (Wildman–Crippen MR) is 110 cm³/mol. The Hall–Kier alpha value is -1.56. The number of hydrogen-bond acceptors (Lipinski definition) is 3. The van der Waals surface area contributed by atoms with Gasteiger partial charge < -0.3 is 15.4 Å². The van der Waals surface area contributed by atoms with Gasteiger partial charge in [0.15, 0.2) is 5.96 Å². The third kappa shape index (κ3) is 7.36. The number of ether oxygens (including phenoxy) is 1. The maximum atomic E-state index is 5.16. The smallest absolute Gasteiger partial charge is 0.191 e. The first-order chi connectivity index (χ1) is 12.3. The molecule has 0 aromatic carbocycles. The number of aliphatic imine (C=N–C) groups is 1. The Morgan fingerprint density at radius 3 is 2.58 bits per heavy atom. The number of unbranched alkanes of at least 4 members (excludes halogenated alkanes) is 2. The monoisotopic (exact) mass is 365 g/mol. The highest BCUT2D eigenvalue weighted by Crippen LogP contribution is 2.22. The van der Waals surface area contributed by atoms with E-state index in [1.807, 2.05) is 11.7 Å². The molecule has 0 aliphatic carbocycles. The van der Waals surface area contributed by atoms with Crippen molar-refractivity contribution in [1.82, 2.24) is 20.4 Å². The van der Waals surface area contributed by atoms with Crippen molar-refractivity contribution < 1.29 is 4.74 Å². The summed E-state index contributed by atoms with van der Waals surface area (Å²) in [7, 11) is 3.54. The number of hydrogen-bond donors (Lipinski definition) is 2. The summed E-state index contributed by atoms with van der Waals surface area (Å²) >= 11 is 0. The van der Waals surface area contributed by atoms with Gasteiger partial charge >= 0.3 is 0 Å². The molecule has 1 aromatic heterocycles. The molecule has 0 atom stereocenters. The lowest BCUT2D eigenvalue weighted by Crippen LogP contribution is -2.41. The van der Waals surface area contributed by atoms with Gasteiger partial charge in [0.25, 0.3) is 0 Å². The lowest BCUT2D eigenvalue weighted by atomic mass is 9.87. The van der Waals surface area contributed by atoms with Crippen LogP contribution in [-0.4, -0.2) is 43.0 Å². The lowest BCUT2D eigenvalue weighted by Gasteiger charge is -2.26. The minimum atomic E-state index is 0.268. The molecular formula is C20H39N5O. The molecule has 0 aliphatic heterocycles. The number of aryl methyl sites for hydroxylation is 1. The maximum Gasteiger partial charge on any atom is 0.191 e. The topological polar surface area (TPSA) is 63.5 Å². The number of rotatable bonds is 11. The molecule has 2 N–H and O–H groups in total. The van der Waals surface area contributed by atoms with E-state index < -0.39 is 0 Å². The molecule has 0 unspecified atom stereocenters. The van der Waals surface area contributed by atoms with E-state index >= 15 is 0 Å². The van der Waals surface area contributed by atoms with Crippen molar-refractivity contribution in [2.75, 3.05) is 27.3 Å². The molecule has 0 fully saturated rings. The largest absolute Gasteiger partial charge is 0.383 e. The second-order valence-corrected chi connectivity index (χ2v) is 7.77. The fourth-order valence-electron chi connectivity index (χ4n) is 3.04. The zero-order valence-electron chi connectivity index (χ0n) is 17.9. The second kappa shape index (κ2) is 11.2. The van der Waals surface area contributed by atoms with Crippen LogP contribution < -0.4 is 10.6 Å². The SMILES string of the molecule is CCCCCC(C)(C)CNC(=NC)NCc1c(C)nn(CCOC)c1C. The lowest BCUT2D eigenvalue weighted by molar-refractivity contribution is 0.182. The zero-order valence-corrected chi connectivity index (χ0v) is 17.9. The summed E-state index contributed by atoms with van der Waals surface area (Å²) < 4.78 is 7.18. The summed E-state index contributed by atoms with van der Waals surface area (Å²) in [6, 6.07) is 0. The summed E-state index contributed by atoms with van der Waals surface area (Å²) in [6.45, 7) is 14.1. The number of methoxy groups -OCH3 is 1. The van der Waals surface area contributed by atoms with Crippen molar-refractivity contribution in [3.63, 3.8) is 0 Å².